The minimum absolute atomic E-state index is 0.151. The molecule has 0 amide bonds. The fourth-order valence-electron chi connectivity index (χ4n) is 2.14. The Bertz CT molecular complexity index is 361. The Morgan fingerprint density at radius 3 is 2.85 bits per heavy atom. The molecule has 1 rings (SSSR count). The van der Waals surface area contributed by atoms with Gasteiger partial charge in [-0.2, -0.15) is 11.8 Å². The van der Waals surface area contributed by atoms with Crippen LogP contribution in [-0.2, 0) is 14.6 Å². The van der Waals surface area contributed by atoms with E-state index < -0.39 is 21.3 Å². The van der Waals surface area contributed by atoms with Gasteiger partial charge in [0.2, 0.25) is 0 Å². The molecule has 0 aromatic carbocycles. The minimum Gasteiger partial charge on any atom is -0.389 e. The maximum atomic E-state index is 12.1. The van der Waals surface area contributed by atoms with E-state index in [4.69, 9.17) is 4.74 Å². The number of sulfone groups is 1. The van der Waals surface area contributed by atoms with Gasteiger partial charge < -0.3 is 9.84 Å². The first-order valence-electron chi connectivity index (χ1n) is 7.30. The first-order chi connectivity index (χ1) is 9.51. The van der Waals surface area contributed by atoms with Gasteiger partial charge in [-0.05, 0) is 6.42 Å². The van der Waals surface area contributed by atoms with Crippen LogP contribution in [0.25, 0.3) is 0 Å². The SMILES string of the molecule is CCCCOCC(O)CN1CCSCC1S(=O)(=O)CC. The number of unbranched alkanes of at least 4 members (excludes halogenated alkanes) is 1. The van der Waals surface area contributed by atoms with Crippen molar-refractivity contribution in [2.75, 3.05) is 43.6 Å². The third kappa shape index (κ3) is 5.89. The summed E-state index contributed by atoms with van der Waals surface area (Å²) in [5.74, 6) is 1.66. The number of hydrogen-bond acceptors (Lipinski definition) is 6. The fourth-order valence-corrected chi connectivity index (χ4v) is 5.23. The van der Waals surface area contributed by atoms with Crippen LogP contribution in [0.4, 0.5) is 0 Å². The first-order valence-corrected chi connectivity index (χ1v) is 10.2. The summed E-state index contributed by atoms with van der Waals surface area (Å²) in [6.45, 7) is 5.78. The van der Waals surface area contributed by atoms with E-state index in [0.717, 1.165) is 18.6 Å². The summed E-state index contributed by atoms with van der Waals surface area (Å²) in [5, 5.41) is 9.53. The standard InChI is InChI=1S/C13H27NO4S2/c1-3-5-7-18-10-12(15)9-14-6-8-19-11-13(14)20(16,17)4-2/h12-13,15H,3-11H2,1-2H3. The number of thioether (sulfide) groups is 1. The Labute approximate surface area is 127 Å². The Hall–Kier alpha value is 0.180. The van der Waals surface area contributed by atoms with Crippen molar-refractivity contribution in [3.05, 3.63) is 0 Å². The highest BCUT2D eigenvalue weighted by Gasteiger charge is 2.33. The third-order valence-corrected chi connectivity index (χ3v) is 6.74. The molecular formula is C13H27NO4S2. The number of β-amino-alcohol motifs (C(OH)–C–C–N with tert-alkyl or cyclic N) is 1. The highest BCUT2D eigenvalue weighted by Crippen LogP contribution is 2.21. The molecule has 1 aliphatic heterocycles. The van der Waals surface area contributed by atoms with E-state index in [1.165, 1.54) is 0 Å². The van der Waals surface area contributed by atoms with Crippen molar-refractivity contribution in [2.45, 2.75) is 38.2 Å². The summed E-state index contributed by atoms with van der Waals surface area (Å²) in [6.07, 6.45) is 1.43. The molecular weight excluding hydrogens is 298 g/mol. The molecule has 7 heteroatoms. The van der Waals surface area contributed by atoms with Gasteiger partial charge in [0.25, 0.3) is 0 Å². The molecule has 2 unspecified atom stereocenters. The molecule has 120 valence electrons. The van der Waals surface area contributed by atoms with Gasteiger partial charge in [-0.1, -0.05) is 20.3 Å². The van der Waals surface area contributed by atoms with E-state index in [1.54, 1.807) is 18.7 Å². The smallest absolute Gasteiger partial charge is 0.166 e. The number of rotatable bonds is 9. The van der Waals surface area contributed by atoms with E-state index in [9.17, 15) is 13.5 Å². The van der Waals surface area contributed by atoms with Crippen LogP contribution < -0.4 is 0 Å². The Kier molecular flexibility index (Phi) is 8.43. The summed E-state index contributed by atoms with van der Waals surface area (Å²) in [6, 6.07) is 0. The second-order valence-corrected chi connectivity index (χ2v) is 8.66. The van der Waals surface area contributed by atoms with Gasteiger partial charge in [0, 0.05) is 37.0 Å². The predicted octanol–water partition coefficient (Wildman–Crippen LogP) is 0.974. The van der Waals surface area contributed by atoms with Crippen molar-refractivity contribution in [2.24, 2.45) is 0 Å². The lowest BCUT2D eigenvalue weighted by molar-refractivity contribution is 0.0151. The number of aliphatic hydroxyl groups excluding tert-OH is 1. The first kappa shape index (κ1) is 18.2. The topological polar surface area (TPSA) is 66.8 Å². The fraction of sp³-hybridized carbons (Fsp3) is 1.00. The highest BCUT2D eigenvalue weighted by molar-refractivity contribution is 8.01. The second-order valence-electron chi connectivity index (χ2n) is 5.06. The summed E-state index contributed by atoms with van der Waals surface area (Å²) < 4.78 is 29.5. The average molecular weight is 325 g/mol. The number of hydrogen-bond donors (Lipinski definition) is 1. The normalized spacial score (nSPS) is 22.9. The highest BCUT2D eigenvalue weighted by atomic mass is 32.2. The summed E-state index contributed by atoms with van der Waals surface area (Å²) >= 11 is 1.67. The van der Waals surface area contributed by atoms with Crippen molar-refractivity contribution in [1.82, 2.24) is 4.90 Å². The largest absolute Gasteiger partial charge is 0.389 e. The maximum absolute atomic E-state index is 12.1. The van der Waals surface area contributed by atoms with Gasteiger partial charge in [0.1, 0.15) is 5.37 Å². The van der Waals surface area contributed by atoms with E-state index in [-0.39, 0.29) is 12.4 Å². The molecule has 1 N–H and O–H groups in total. The Morgan fingerprint density at radius 1 is 1.45 bits per heavy atom. The third-order valence-electron chi connectivity index (χ3n) is 3.41. The van der Waals surface area contributed by atoms with Gasteiger partial charge in [-0.3, -0.25) is 4.90 Å². The van der Waals surface area contributed by atoms with Crippen molar-refractivity contribution in [3.63, 3.8) is 0 Å². The molecule has 1 heterocycles. The number of ether oxygens (including phenoxy) is 1. The molecule has 2 atom stereocenters. The zero-order chi connectivity index (χ0) is 15.0. The van der Waals surface area contributed by atoms with Crippen LogP contribution in [0.15, 0.2) is 0 Å². The van der Waals surface area contributed by atoms with Gasteiger partial charge in [0.05, 0.1) is 12.7 Å². The predicted molar refractivity (Wildman–Crippen MR) is 83.9 cm³/mol. The van der Waals surface area contributed by atoms with E-state index >= 15 is 0 Å². The van der Waals surface area contributed by atoms with Crippen LogP contribution in [0.5, 0.6) is 0 Å². The molecule has 0 radical (unpaired) electrons. The van der Waals surface area contributed by atoms with Crippen LogP contribution in [0, 0.1) is 0 Å². The molecule has 1 fully saturated rings. The average Bonchev–Trinajstić information content (AvgIpc) is 2.44. The lowest BCUT2D eigenvalue weighted by atomic mass is 10.3. The quantitative estimate of drug-likeness (QED) is 0.637. The molecule has 20 heavy (non-hydrogen) atoms. The second kappa shape index (κ2) is 9.25. The summed E-state index contributed by atoms with van der Waals surface area (Å²) in [7, 11) is -3.09. The molecule has 0 aromatic rings. The number of nitrogens with zero attached hydrogens (tertiary/aromatic N) is 1. The number of aliphatic hydroxyl groups is 1. The summed E-state index contributed by atoms with van der Waals surface area (Å²) in [4.78, 5) is 1.89. The zero-order valence-corrected chi connectivity index (χ0v) is 14.1. The molecule has 0 aromatic heterocycles. The van der Waals surface area contributed by atoms with E-state index in [0.29, 0.717) is 25.4 Å². The Balaban J connectivity index is 2.46. The molecule has 1 saturated heterocycles. The van der Waals surface area contributed by atoms with Crippen LogP contribution in [-0.4, -0.2) is 73.5 Å². The molecule has 1 aliphatic rings. The molecule has 0 spiro atoms. The lowest BCUT2D eigenvalue weighted by Gasteiger charge is -2.35. The van der Waals surface area contributed by atoms with Crippen LogP contribution in [0.2, 0.25) is 0 Å². The van der Waals surface area contributed by atoms with Gasteiger partial charge >= 0.3 is 0 Å². The van der Waals surface area contributed by atoms with Gasteiger partial charge in [0.15, 0.2) is 9.84 Å². The van der Waals surface area contributed by atoms with Crippen LogP contribution in [0.3, 0.4) is 0 Å². The molecule has 5 nitrogen and oxygen atoms in total. The van der Waals surface area contributed by atoms with E-state index in [1.807, 2.05) is 4.90 Å². The molecule has 0 saturated carbocycles. The van der Waals surface area contributed by atoms with Gasteiger partial charge in [-0.15, -0.1) is 0 Å². The van der Waals surface area contributed by atoms with Crippen LogP contribution >= 0.6 is 11.8 Å². The zero-order valence-electron chi connectivity index (χ0n) is 12.5. The van der Waals surface area contributed by atoms with Crippen molar-refractivity contribution >= 4 is 21.6 Å². The van der Waals surface area contributed by atoms with Gasteiger partial charge in [-0.25, -0.2) is 8.42 Å². The van der Waals surface area contributed by atoms with Crippen LogP contribution in [0.1, 0.15) is 26.7 Å². The monoisotopic (exact) mass is 325 g/mol. The van der Waals surface area contributed by atoms with E-state index in [2.05, 4.69) is 6.92 Å². The van der Waals surface area contributed by atoms with Crippen molar-refractivity contribution in [3.8, 4) is 0 Å². The summed E-state index contributed by atoms with van der Waals surface area (Å²) in [5.41, 5.74) is 0. The van der Waals surface area contributed by atoms with Crippen molar-refractivity contribution < 1.29 is 18.3 Å². The maximum Gasteiger partial charge on any atom is 0.166 e. The minimum atomic E-state index is -3.09. The lowest BCUT2D eigenvalue weighted by Crippen LogP contribution is -2.51. The molecule has 0 bridgehead atoms. The van der Waals surface area contributed by atoms with Crippen molar-refractivity contribution in [1.29, 1.82) is 0 Å². The Morgan fingerprint density at radius 2 is 2.20 bits per heavy atom. The molecule has 0 aliphatic carbocycles.